The van der Waals surface area contributed by atoms with E-state index in [9.17, 15) is 18.0 Å². The number of carbonyl (C=O) groups is 1. The Hall–Kier alpha value is -0.230. The van der Waals surface area contributed by atoms with Crippen LogP contribution in [0, 0.1) is 5.41 Å². The average molecular weight is 324 g/mol. The number of rotatable bonds is 4. The molecule has 0 spiro atoms. The van der Waals surface area contributed by atoms with E-state index in [2.05, 4.69) is 15.9 Å². The molecule has 1 unspecified atom stereocenters. The van der Waals surface area contributed by atoms with Gasteiger partial charge < -0.3 is 5.11 Å². The predicted octanol–water partition coefficient (Wildman–Crippen LogP) is 3.94. The second-order valence-electron chi connectivity index (χ2n) is 4.01. The maximum absolute atomic E-state index is 12.3. The van der Waals surface area contributed by atoms with Crippen LogP contribution >= 0.6 is 27.5 Å². The third kappa shape index (κ3) is 5.21. The third-order valence-corrected chi connectivity index (χ3v) is 2.78. The van der Waals surface area contributed by atoms with Crippen LogP contribution in [0.25, 0.3) is 0 Å². The van der Waals surface area contributed by atoms with Crippen molar-refractivity contribution >= 4 is 33.5 Å². The topological polar surface area (TPSA) is 37.3 Å². The van der Waals surface area contributed by atoms with Crippen molar-refractivity contribution in [2.24, 2.45) is 5.41 Å². The van der Waals surface area contributed by atoms with E-state index in [1.54, 1.807) is 0 Å². The average Bonchev–Trinajstić information content (AvgIpc) is 1.96. The summed E-state index contributed by atoms with van der Waals surface area (Å²) in [5, 5.41) is 8.54. The standard InChI is InChI=1S/C9H11BrClF3O2/c1-7(2,5-6(15)16)3-4-8(10,11)9(12,13)14/h3-4H,5H2,1-2H3,(H,15,16)/b4-3+. The zero-order chi connectivity index (χ0) is 13.2. The highest BCUT2D eigenvalue weighted by atomic mass is 79.9. The van der Waals surface area contributed by atoms with Crippen LogP contribution in [0.15, 0.2) is 12.2 Å². The van der Waals surface area contributed by atoms with Gasteiger partial charge in [-0.2, -0.15) is 13.2 Å². The van der Waals surface area contributed by atoms with E-state index < -0.39 is 21.3 Å². The summed E-state index contributed by atoms with van der Waals surface area (Å²) in [6, 6.07) is 0. The molecule has 0 aromatic heterocycles. The quantitative estimate of drug-likeness (QED) is 0.628. The normalized spacial score (nSPS) is 17.4. The van der Waals surface area contributed by atoms with Crippen molar-refractivity contribution in [2.45, 2.75) is 30.2 Å². The van der Waals surface area contributed by atoms with Crippen molar-refractivity contribution in [1.29, 1.82) is 0 Å². The number of halogens is 5. The Bertz CT molecular complexity index is 298. The number of alkyl halides is 5. The number of hydrogen-bond donors (Lipinski definition) is 1. The van der Waals surface area contributed by atoms with E-state index in [-0.39, 0.29) is 6.42 Å². The molecular weight excluding hydrogens is 312 g/mol. The summed E-state index contributed by atoms with van der Waals surface area (Å²) in [6.07, 6.45) is -3.08. The van der Waals surface area contributed by atoms with E-state index >= 15 is 0 Å². The van der Waals surface area contributed by atoms with Gasteiger partial charge in [-0.3, -0.25) is 4.79 Å². The summed E-state index contributed by atoms with van der Waals surface area (Å²) >= 11 is 7.54. The van der Waals surface area contributed by atoms with Crippen LogP contribution in [0.4, 0.5) is 13.2 Å². The van der Waals surface area contributed by atoms with Crippen LogP contribution in [0.1, 0.15) is 20.3 Å². The molecule has 2 nitrogen and oxygen atoms in total. The van der Waals surface area contributed by atoms with E-state index in [0.717, 1.165) is 6.08 Å². The molecule has 0 radical (unpaired) electrons. The summed E-state index contributed by atoms with van der Waals surface area (Å²) in [5.41, 5.74) is -0.898. The molecule has 7 heteroatoms. The highest BCUT2D eigenvalue weighted by Gasteiger charge is 2.50. The molecule has 0 aliphatic carbocycles. The lowest BCUT2D eigenvalue weighted by molar-refractivity contribution is -0.138. The van der Waals surface area contributed by atoms with Crippen molar-refractivity contribution in [3.05, 3.63) is 12.2 Å². The van der Waals surface area contributed by atoms with Gasteiger partial charge in [-0.25, -0.2) is 0 Å². The molecule has 0 heterocycles. The van der Waals surface area contributed by atoms with Crippen molar-refractivity contribution in [3.8, 4) is 0 Å². The predicted molar refractivity (Wildman–Crippen MR) is 58.7 cm³/mol. The highest BCUT2D eigenvalue weighted by molar-refractivity contribution is 9.10. The first-order valence-electron chi connectivity index (χ1n) is 4.24. The lowest BCUT2D eigenvalue weighted by Gasteiger charge is -2.22. The minimum atomic E-state index is -4.65. The van der Waals surface area contributed by atoms with Gasteiger partial charge in [0, 0.05) is 0 Å². The second kappa shape index (κ2) is 4.96. The van der Waals surface area contributed by atoms with Crippen LogP contribution in [0.5, 0.6) is 0 Å². The van der Waals surface area contributed by atoms with Gasteiger partial charge in [-0.1, -0.05) is 47.5 Å². The number of carboxylic acids is 1. The minimum absolute atomic E-state index is 0.276. The second-order valence-corrected chi connectivity index (χ2v) is 6.32. The summed E-state index contributed by atoms with van der Waals surface area (Å²) < 4.78 is 34.3. The minimum Gasteiger partial charge on any atom is -0.481 e. The van der Waals surface area contributed by atoms with Crippen LogP contribution < -0.4 is 0 Å². The largest absolute Gasteiger partial charge is 0.481 e. The fourth-order valence-electron chi connectivity index (χ4n) is 0.873. The molecule has 0 rings (SSSR count). The van der Waals surface area contributed by atoms with E-state index in [4.69, 9.17) is 16.7 Å². The molecule has 0 aliphatic heterocycles. The molecule has 1 N–H and O–H groups in total. The van der Waals surface area contributed by atoms with Gasteiger partial charge in [0.25, 0.3) is 0 Å². The lowest BCUT2D eigenvalue weighted by Crippen LogP contribution is -2.31. The molecule has 0 amide bonds. The van der Waals surface area contributed by atoms with Gasteiger partial charge in [0.1, 0.15) is 0 Å². The molecule has 0 fully saturated rings. The SMILES string of the molecule is CC(C)(/C=C/C(Cl)(Br)C(F)(F)F)CC(=O)O. The molecular formula is C9H11BrClF3O2. The molecule has 0 aromatic rings. The van der Waals surface area contributed by atoms with Crippen molar-refractivity contribution in [3.63, 3.8) is 0 Å². The van der Waals surface area contributed by atoms with Crippen molar-refractivity contribution < 1.29 is 23.1 Å². The number of aliphatic carboxylic acids is 1. The monoisotopic (exact) mass is 322 g/mol. The Balaban J connectivity index is 4.78. The maximum Gasteiger partial charge on any atom is 0.421 e. The molecule has 16 heavy (non-hydrogen) atoms. The number of allylic oxidation sites excluding steroid dienone is 2. The van der Waals surface area contributed by atoms with E-state index in [1.807, 2.05) is 0 Å². The Morgan fingerprint density at radius 1 is 1.38 bits per heavy atom. The summed E-state index contributed by atoms with van der Waals surface area (Å²) in [4.78, 5) is 10.4. The van der Waals surface area contributed by atoms with Crippen molar-refractivity contribution in [1.82, 2.24) is 0 Å². The molecule has 0 bridgehead atoms. The van der Waals surface area contributed by atoms with Crippen LogP contribution in [0.3, 0.4) is 0 Å². The zero-order valence-corrected chi connectivity index (χ0v) is 10.9. The molecule has 0 saturated heterocycles. The van der Waals surface area contributed by atoms with Gasteiger partial charge in [-0.15, -0.1) is 0 Å². The first kappa shape index (κ1) is 15.8. The zero-order valence-electron chi connectivity index (χ0n) is 8.61. The first-order chi connectivity index (χ1) is 6.87. The van der Waals surface area contributed by atoms with Gasteiger partial charge in [0.05, 0.1) is 6.42 Å². The Labute approximate surface area is 105 Å². The van der Waals surface area contributed by atoms with Crippen molar-refractivity contribution in [2.75, 3.05) is 0 Å². The number of hydrogen-bond acceptors (Lipinski definition) is 1. The summed E-state index contributed by atoms with van der Waals surface area (Å²) in [6.45, 7) is 3.02. The van der Waals surface area contributed by atoms with Gasteiger partial charge >= 0.3 is 12.1 Å². The van der Waals surface area contributed by atoms with Crippen LogP contribution in [0.2, 0.25) is 0 Å². The Kier molecular flexibility index (Phi) is 4.89. The molecule has 0 aliphatic rings. The summed E-state index contributed by atoms with van der Waals surface area (Å²) in [7, 11) is 0. The summed E-state index contributed by atoms with van der Waals surface area (Å²) in [5.74, 6) is -1.09. The van der Waals surface area contributed by atoms with Gasteiger partial charge in [0.2, 0.25) is 3.78 Å². The Morgan fingerprint density at radius 2 is 1.81 bits per heavy atom. The number of carboxylic acid groups (broad SMARTS) is 1. The van der Waals surface area contributed by atoms with Crippen LogP contribution in [-0.2, 0) is 4.79 Å². The van der Waals surface area contributed by atoms with Gasteiger partial charge in [0.15, 0.2) is 0 Å². The smallest absolute Gasteiger partial charge is 0.421 e. The molecule has 0 saturated carbocycles. The first-order valence-corrected chi connectivity index (χ1v) is 5.41. The lowest BCUT2D eigenvalue weighted by atomic mass is 9.89. The fraction of sp³-hybridized carbons (Fsp3) is 0.667. The Morgan fingerprint density at radius 3 is 2.12 bits per heavy atom. The van der Waals surface area contributed by atoms with Crippen LogP contribution in [-0.4, -0.2) is 21.0 Å². The molecule has 94 valence electrons. The molecule has 1 atom stereocenters. The fourth-order valence-corrected chi connectivity index (χ4v) is 1.07. The maximum atomic E-state index is 12.3. The van der Waals surface area contributed by atoms with Gasteiger partial charge in [-0.05, 0) is 11.5 Å². The van der Waals surface area contributed by atoms with E-state index in [1.165, 1.54) is 13.8 Å². The third-order valence-electron chi connectivity index (χ3n) is 1.73. The van der Waals surface area contributed by atoms with E-state index in [0.29, 0.717) is 6.08 Å². The molecule has 0 aromatic carbocycles. The highest BCUT2D eigenvalue weighted by Crippen LogP contribution is 2.43.